The molecular weight excluding hydrogens is 141 g/mol. The standard InChI is InChI=1S/C7H12F3/c1-3-4-5-6(8)7(2,9)10/h6H,1,3-5H2,2H3/t6-/m0/s1. The van der Waals surface area contributed by atoms with Crippen LogP contribution in [0.1, 0.15) is 26.2 Å². The molecule has 0 bridgehead atoms. The van der Waals surface area contributed by atoms with Crippen molar-refractivity contribution in [1.29, 1.82) is 0 Å². The van der Waals surface area contributed by atoms with E-state index in [-0.39, 0.29) is 6.42 Å². The van der Waals surface area contributed by atoms with Gasteiger partial charge in [0.05, 0.1) is 0 Å². The molecule has 0 aliphatic rings. The van der Waals surface area contributed by atoms with E-state index in [1.807, 2.05) is 0 Å². The van der Waals surface area contributed by atoms with E-state index in [9.17, 15) is 13.2 Å². The Morgan fingerprint density at radius 3 is 2.30 bits per heavy atom. The summed E-state index contributed by atoms with van der Waals surface area (Å²) in [7, 11) is 0. The first-order valence-corrected chi connectivity index (χ1v) is 3.29. The minimum Gasteiger partial charge on any atom is -0.241 e. The molecule has 0 saturated heterocycles. The van der Waals surface area contributed by atoms with E-state index >= 15 is 0 Å². The molecule has 0 aliphatic carbocycles. The molecular formula is C7H12F3. The van der Waals surface area contributed by atoms with Crippen molar-refractivity contribution >= 4 is 0 Å². The number of hydrogen-bond donors (Lipinski definition) is 0. The van der Waals surface area contributed by atoms with E-state index in [1.54, 1.807) is 0 Å². The van der Waals surface area contributed by atoms with Crippen molar-refractivity contribution in [2.24, 2.45) is 0 Å². The van der Waals surface area contributed by atoms with Crippen LogP contribution < -0.4 is 0 Å². The zero-order valence-electron chi connectivity index (χ0n) is 6.04. The molecule has 0 saturated carbocycles. The van der Waals surface area contributed by atoms with E-state index in [0.717, 1.165) is 0 Å². The largest absolute Gasteiger partial charge is 0.275 e. The average molecular weight is 153 g/mol. The summed E-state index contributed by atoms with van der Waals surface area (Å²) in [5.41, 5.74) is 0. The van der Waals surface area contributed by atoms with Gasteiger partial charge in [-0.25, -0.2) is 13.2 Å². The van der Waals surface area contributed by atoms with Crippen LogP contribution in [0, 0.1) is 6.92 Å². The van der Waals surface area contributed by atoms with Crippen LogP contribution in [-0.2, 0) is 0 Å². The Morgan fingerprint density at radius 1 is 1.50 bits per heavy atom. The molecule has 61 valence electrons. The van der Waals surface area contributed by atoms with Gasteiger partial charge in [-0.3, -0.25) is 0 Å². The molecule has 0 nitrogen and oxygen atoms in total. The van der Waals surface area contributed by atoms with Crippen molar-refractivity contribution in [2.75, 3.05) is 0 Å². The molecule has 0 amide bonds. The van der Waals surface area contributed by atoms with E-state index in [4.69, 9.17) is 0 Å². The summed E-state index contributed by atoms with van der Waals surface area (Å²) in [6.45, 7) is 4.03. The summed E-state index contributed by atoms with van der Waals surface area (Å²) in [6.07, 6.45) is -1.16. The van der Waals surface area contributed by atoms with Crippen molar-refractivity contribution in [3.8, 4) is 0 Å². The summed E-state index contributed by atoms with van der Waals surface area (Å²) in [5.74, 6) is -3.19. The fourth-order valence-electron chi connectivity index (χ4n) is 0.577. The van der Waals surface area contributed by atoms with Gasteiger partial charge in [-0.1, -0.05) is 19.8 Å². The number of hydrogen-bond acceptors (Lipinski definition) is 0. The van der Waals surface area contributed by atoms with Gasteiger partial charge >= 0.3 is 0 Å². The van der Waals surface area contributed by atoms with Gasteiger partial charge in [-0.05, 0) is 6.42 Å². The predicted molar refractivity (Wildman–Crippen MR) is 34.7 cm³/mol. The Hall–Kier alpha value is -0.210. The second-order valence-corrected chi connectivity index (χ2v) is 2.42. The molecule has 0 fully saturated rings. The van der Waals surface area contributed by atoms with Crippen molar-refractivity contribution in [1.82, 2.24) is 0 Å². The molecule has 1 radical (unpaired) electrons. The van der Waals surface area contributed by atoms with Crippen LogP contribution in [0.5, 0.6) is 0 Å². The molecule has 1 atom stereocenters. The maximum absolute atomic E-state index is 12.3. The Balaban J connectivity index is 3.52. The predicted octanol–water partition coefficient (Wildman–Crippen LogP) is 2.98. The van der Waals surface area contributed by atoms with Crippen LogP contribution >= 0.6 is 0 Å². The van der Waals surface area contributed by atoms with Gasteiger partial charge in [0.2, 0.25) is 0 Å². The minimum atomic E-state index is -3.19. The number of halogens is 3. The van der Waals surface area contributed by atoms with Gasteiger partial charge in [0, 0.05) is 6.92 Å². The van der Waals surface area contributed by atoms with Crippen LogP contribution in [0.2, 0.25) is 0 Å². The highest BCUT2D eigenvalue weighted by Gasteiger charge is 2.33. The van der Waals surface area contributed by atoms with Crippen molar-refractivity contribution in [3.05, 3.63) is 6.92 Å². The van der Waals surface area contributed by atoms with Crippen LogP contribution in [0.15, 0.2) is 0 Å². The van der Waals surface area contributed by atoms with Gasteiger partial charge < -0.3 is 0 Å². The molecule has 0 aliphatic heterocycles. The lowest BCUT2D eigenvalue weighted by molar-refractivity contribution is -0.0582. The van der Waals surface area contributed by atoms with E-state index in [1.165, 1.54) is 0 Å². The highest BCUT2D eigenvalue weighted by atomic mass is 19.3. The van der Waals surface area contributed by atoms with Gasteiger partial charge in [0.1, 0.15) is 0 Å². The maximum atomic E-state index is 12.3. The molecule has 0 spiro atoms. The highest BCUT2D eigenvalue weighted by molar-refractivity contribution is 4.70. The van der Waals surface area contributed by atoms with Crippen molar-refractivity contribution in [2.45, 2.75) is 38.3 Å². The van der Waals surface area contributed by atoms with Crippen molar-refractivity contribution < 1.29 is 13.2 Å². The maximum Gasteiger partial charge on any atom is 0.275 e. The fourth-order valence-corrected chi connectivity index (χ4v) is 0.577. The second kappa shape index (κ2) is 3.84. The molecule has 0 unspecified atom stereocenters. The molecule has 10 heavy (non-hydrogen) atoms. The Morgan fingerprint density at radius 2 is 2.00 bits per heavy atom. The third-order valence-corrected chi connectivity index (χ3v) is 1.26. The van der Waals surface area contributed by atoms with Crippen LogP contribution in [0.3, 0.4) is 0 Å². The van der Waals surface area contributed by atoms with Gasteiger partial charge in [0.15, 0.2) is 6.17 Å². The van der Waals surface area contributed by atoms with E-state index in [2.05, 4.69) is 6.92 Å². The molecule has 0 rings (SSSR count). The molecule has 3 heteroatoms. The smallest absolute Gasteiger partial charge is 0.241 e. The third kappa shape index (κ3) is 3.75. The minimum absolute atomic E-state index is 0.0903. The summed E-state index contributed by atoms with van der Waals surface area (Å²) in [6, 6.07) is 0. The van der Waals surface area contributed by atoms with Crippen LogP contribution in [0.4, 0.5) is 13.2 Å². The normalized spacial score (nSPS) is 15.3. The zero-order valence-corrected chi connectivity index (χ0v) is 6.04. The lowest BCUT2D eigenvalue weighted by atomic mass is 10.1. The number of alkyl halides is 3. The quantitative estimate of drug-likeness (QED) is 0.582. The molecule has 0 N–H and O–H groups in total. The van der Waals surface area contributed by atoms with Gasteiger partial charge in [-0.2, -0.15) is 0 Å². The topological polar surface area (TPSA) is 0 Å². The second-order valence-electron chi connectivity index (χ2n) is 2.42. The molecule has 0 aromatic heterocycles. The van der Waals surface area contributed by atoms with Crippen LogP contribution in [-0.4, -0.2) is 12.1 Å². The monoisotopic (exact) mass is 153 g/mol. The summed E-state index contributed by atoms with van der Waals surface area (Å²) < 4.78 is 36.4. The van der Waals surface area contributed by atoms with E-state index < -0.39 is 12.1 Å². The first kappa shape index (κ1) is 9.79. The SMILES string of the molecule is [CH2]CCC[C@H](F)C(C)(F)F. The third-order valence-electron chi connectivity index (χ3n) is 1.26. The van der Waals surface area contributed by atoms with Crippen LogP contribution in [0.25, 0.3) is 0 Å². The summed E-state index contributed by atoms with van der Waals surface area (Å²) in [5, 5.41) is 0. The van der Waals surface area contributed by atoms with Crippen molar-refractivity contribution in [3.63, 3.8) is 0 Å². The first-order valence-electron chi connectivity index (χ1n) is 3.29. The molecule has 0 heterocycles. The first-order chi connectivity index (χ1) is 4.48. The summed E-state index contributed by atoms with van der Waals surface area (Å²) >= 11 is 0. The molecule has 0 aromatic carbocycles. The zero-order chi connectivity index (χ0) is 8.20. The number of unbranched alkanes of at least 4 members (excludes halogenated alkanes) is 1. The Kier molecular flexibility index (Phi) is 3.76. The molecule has 0 aromatic rings. The Labute approximate surface area is 59.4 Å². The lowest BCUT2D eigenvalue weighted by Gasteiger charge is -2.14. The van der Waals surface area contributed by atoms with Gasteiger partial charge in [-0.15, -0.1) is 0 Å². The number of rotatable bonds is 4. The Bertz CT molecular complexity index is 85.3. The highest BCUT2D eigenvalue weighted by Crippen LogP contribution is 2.24. The average Bonchev–Trinajstić information content (AvgIpc) is 1.80. The van der Waals surface area contributed by atoms with E-state index in [0.29, 0.717) is 19.8 Å². The fraction of sp³-hybridized carbons (Fsp3) is 0.857. The lowest BCUT2D eigenvalue weighted by Crippen LogP contribution is -2.25. The van der Waals surface area contributed by atoms with Gasteiger partial charge in [0.25, 0.3) is 5.92 Å². The summed E-state index contributed by atoms with van der Waals surface area (Å²) in [4.78, 5) is 0.